The summed E-state index contributed by atoms with van der Waals surface area (Å²) in [7, 11) is 0. The number of nitrogens with one attached hydrogen (secondary N) is 1. The summed E-state index contributed by atoms with van der Waals surface area (Å²) in [4.78, 5) is 4.47. The van der Waals surface area contributed by atoms with Gasteiger partial charge in [-0.05, 0) is 55.8 Å². The van der Waals surface area contributed by atoms with E-state index in [1.165, 1.54) is 36.6 Å². The number of benzene rings is 1. The maximum absolute atomic E-state index is 4.47. The molecular formula is C17H22N2. The number of hydrogen-bond acceptors (Lipinski definition) is 2. The van der Waals surface area contributed by atoms with E-state index >= 15 is 0 Å². The first kappa shape index (κ1) is 12.6. The fraction of sp³-hybridized carbons (Fsp3) is 0.471. The monoisotopic (exact) mass is 254 g/mol. The van der Waals surface area contributed by atoms with Gasteiger partial charge in [0.15, 0.2) is 0 Å². The largest absolute Gasteiger partial charge is 0.314 e. The molecule has 0 amide bonds. The highest BCUT2D eigenvalue weighted by Gasteiger charge is 2.26. The molecule has 2 nitrogen and oxygen atoms in total. The van der Waals surface area contributed by atoms with Crippen molar-refractivity contribution in [3.05, 3.63) is 42.1 Å². The normalized spacial score (nSPS) is 23.0. The molecule has 3 rings (SSSR count). The van der Waals surface area contributed by atoms with Gasteiger partial charge in [0, 0.05) is 17.6 Å². The van der Waals surface area contributed by atoms with Crippen LogP contribution >= 0.6 is 0 Å². The van der Waals surface area contributed by atoms with E-state index in [-0.39, 0.29) is 0 Å². The molecule has 1 N–H and O–H groups in total. The number of aromatic nitrogens is 1. The first-order valence-corrected chi connectivity index (χ1v) is 7.45. The van der Waals surface area contributed by atoms with Gasteiger partial charge in [0.1, 0.15) is 0 Å². The fourth-order valence-corrected chi connectivity index (χ4v) is 3.28. The van der Waals surface area contributed by atoms with E-state index in [1.54, 1.807) is 0 Å². The van der Waals surface area contributed by atoms with Gasteiger partial charge in [-0.1, -0.05) is 25.1 Å². The molecule has 1 aromatic heterocycles. The number of hydrogen-bond donors (Lipinski definition) is 1. The van der Waals surface area contributed by atoms with E-state index in [2.05, 4.69) is 41.5 Å². The molecule has 1 aliphatic carbocycles. The minimum atomic E-state index is 0.697. The molecule has 2 heteroatoms. The highest BCUT2D eigenvalue weighted by molar-refractivity contribution is 5.82. The van der Waals surface area contributed by atoms with Crippen LogP contribution in [0, 0.1) is 0 Å². The lowest BCUT2D eigenvalue weighted by Gasteiger charge is -2.14. The van der Waals surface area contributed by atoms with Crippen LogP contribution in [0.4, 0.5) is 0 Å². The van der Waals surface area contributed by atoms with Crippen molar-refractivity contribution in [3.8, 4) is 0 Å². The predicted octanol–water partition coefficient (Wildman–Crippen LogP) is 3.87. The zero-order valence-electron chi connectivity index (χ0n) is 11.6. The quantitative estimate of drug-likeness (QED) is 0.896. The molecule has 1 aliphatic rings. The molecule has 100 valence electrons. The minimum absolute atomic E-state index is 0.697. The van der Waals surface area contributed by atoms with Crippen molar-refractivity contribution in [3.63, 3.8) is 0 Å². The highest BCUT2D eigenvalue weighted by Crippen LogP contribution is 2.37. The number of rotatable bonds is 4. The van der Waals surface area contributed by atoms with E-state index in [9.17, 15) is 0 Å². The Balaban J connectivity index is 1.82. The molecule has 0 aliphatic heterocycles. The van der Waals surface area contributed by atoms with Gasteiger partial charge < -0.3 is 5.32 Å². The van der Waals surface area contributed by atoms with Crippen LogP contribution in [0.2, 0.25) is 0 Å². The second kappa shape index (κ2) is 5.70. The third kappa shape index (κ3) is 2.64. The average Bonchev–Trinajstić information content (AvgIpc) is 2.93. The van der Waals surface area contributed by atoms with Crippen molar-refractivity contribution in [1.82, 2.24) is 10.3 Å². The number of pyridine rings is 1. The van der Waals surface area contributed by atoms with Gasteiger partial charge in [0.05, 0.1) is 5.52 Å². The summed E-state index contributed by atoms with van der Waals surface area (Å²) >= 11 is 0. The van der Waals surface area contributed by atoms with E-state index in [0.29, 0.717) is 12.0 Å². The van der Waals surface area contributed by atoms with E-state index < -0.39 is 0 Å². The molecule has 0 saturated heterocycles. The Labute approximate surface area is 115 Å². The van der Waals surface area contributed by atoms with Crippen LogP contribution in [0.15, 0.2) is 36.5 Å². The Morgan fingerprint density at radius 1 is 1.21 bits per heavy atom. The van der Waals surface area contributed by atoms with Gasteiger partial charge in [-0.3, -0.25) is 4.98 Å². The summed E-state index contributed by atoms with van der Waals surface area (Å²) in [5.74, 6) is 0.697. The third-order valence-electron chi connectivity index (χ3n) is 4.23. The smallest absolute Gasteiger partial charge is 0.0704 e. The molecule has 2 aromatic rings. The Hall–Kier alpha value is -1.41. The topological polar surface area (TPSA) is 24.9 Å². The molecule has 1 heterocycles. The van der Waals surface area contributed by atoms with Crippen LogP contribution in [0.25, 0.3) is 10.9 Å². The Morgan fingerprint density at radius 3 is 3.05 bits per heavy atom. The standard InChI is InChI=1S/C17H22N2/c1-2-10-18-14-9-8-13(12-14)15-5-3-7-17-16(15)6-4-11-19-17/h3-7,11,13-14,18H,2,8-10,12H2,1H3. The number of fused-ring (bicyclic) bond motifs is 1. The average molecular weight is 254 g/mol. The summed E-state index contributed by atoms with van der Waals surface area (Å²) in [6.07, 6.45) is 6.98. The molecule has 1 aromatic carbocycles. The molecule has 2 unspecified atom stereocenters. The van der Waals surface area contributed by atoms with E-state index in [1.807, 2.05) is 12.3 Å². The fourth-order valence-electron chi connectivity index (χ4n) is 3.28. The maximum Gasteiger partial charge on any atom is 0.0704 e. The van der Waals surface area contributed by atoms with Crippen LogP contribution in [0.5, 0.6) is 0 Å². The van der Waals surface area contributed by atoms with E-state index in [4.69, 9.17) is 0 Å². The lowest BCUT2D eigenvalue weighted by Crippen LogP contribution is -2.26. The van der Waals surface area contributed by atoms with Crippen LogP contribution in [-0.2, 0) is 0 Å². The van der Waals surface area contributed by atoms with Crippen LogP contribution in [0.1, 0.15) is 44.1 Å². The van der Waals surface area contributed by atoms with Crippen molar-refractivity contribution >= 4 is 10.9 Å². The van der Waals surface area contributed by atoms with Crippen LogP contribution in [-0.4, -0.2) is 17.6 Å². The molecule has 1 fully saturated rings. The summed E-state index contributed by atoms with van der Waals surface area (Å²) in [5, 5.41) is 5.00. The van der Waals surface area contributed by atoms with Crippen molar-refractivity contribution in [1.29, 1.82) is 0 Å². The molecule has 0 spiro atoms. The molecular weight excluding hydrogens is 232 g/mol. The molecule has 0 radical (unpaired) electrons. The summed E-state index contributed by atoms with van der Waals surface area (Å²) in [5.41, 5.74) is 2.62. The zero-order chi connectivity index (χ0) is 13.1. The summed E-state index contributed by atoms with van der Waals surface area (Å²) < 4.78 is 0. The molecule has 2 atom stereocenters. The second-order valence-electron chi connectivity index (χ2n) is 5.58. The van der Waals surface area contributed by atoms with Crippen molar-refractivity contribution in [2.75, 3.05) is 6.54 Å². The first-order valence-electron chi connectivity index (χ1n) is 7.45. The van der Waals surface area contributed by atoms with Gasteiger partial charge in [0.25, 0.3) is 0 Å². The lowest BCUT2D eigenvalue weighted by atomic mass is 9.93. The van der Waals surface area contributed by atoms with Gasteiger partial charge in [-0.15, -0.1) is 0 Å². The summed E-state index contributed by atoms with van der Waals surface area (Å²) in [6.45, 7) is 3.38. The van der Waals surface area contributed by atoms with Gasteiger partial charge >= 0.3 is 0 Å². The SMILES string of the molecule is CCCNC1CCC(c2cccc3ncccc23)C1. The van der Waals surface area contributed by atoms with Gasteiger partial charge in [0.2, 0.25) is 0 Å². The Kier molecular flexibility index (Phi) is 3.79. The molecule has 1 saturated carbocycles. The third-order valence-corrected chi connectivity index (χ3v) is 4.23. The molecule has 0 bridgehead atoms. The van der Waals surface area contributed by atoms with E-state index in [0.717, 1.165) is 12.1 Å². The predicted molar refractivity (Wildman–Crippen MR) is 80.4 cm³/mol. The number of nitrogens with zero attached hydrogens (tertiary/aromatic N) is 1. The Morgan fingerprint density at radius 2 is 2.16 bits per heavy atom. The van der Waals surface area contributed by atoms with Crippen molar-refractivity contribution in [2.45, 2.75) is 44.6 Å². The second-order valence-corrected chi connectivity index (χ2v) is 5.58. The Bertz CT molecular complexity index is 544. The van der Waals surface area contributed by atoms with Crippen molar-refractivity contribution in [2.24, 2.45) is 0 Å². The van der Waals surface area contributed by atoms with Crippen LogP contribution in [0.3, 0.4) is 0 Å². The van der Waals surface area contributed by atoms with Gasteiger partial charge in [-0.2, -0.15) is 0 Å². The van der Waals surface area contributed by atoms with Crippen LogP contribution < -0.4 is 5.32 Å². The van der Waals surface area contributed by atoms with Gasteiger partial charge in [-0.25, -0.2) is 0 Å². The minimum Gasteiger partial charge on any atom is -0.314 e. The summed E-state index contributed by atoms with van der Waals surface area (Å²) in [6, 6.07) is 11.5. The molecule has 19 heavy (non-hydrogen) atoms. The van der Waals surface area contributed by atoms with Crippen molar-refractivity contribution < 1.29 is 0 Å². The lowest BCUT2D eigenvalue weighted by molar-refractivity contribution is 0.517. The highest BCUT2D eigenvalue weighted by atomic mass is 14.9. The first-order chi connectivity index (χ1) is 9.38. The zero-order valence-corrected chi connectivity index (χ0v) is 11.6. The maximum atomic E-state index is 4.47.